The normalized spacial score (nSPS) is 11.0. The zero-order valence-corrected chi connectivity index (χ0v) is 15.2. The molecule has 0 aliphatic carbocycles. The summed E-state index contributed by atoms with van der Waals surface area (Å²) in [6, 6.07) is 10.8. The van der Waals surface area contributed by atoms with Crippen LogP contribution in [0.4, 0.5) is 0 Å². The van der Waals surface area contributed by atoms with Crippen LogP contribution in [0.1, 0.15) is 17.1 Å². The number of imidazole rings is 1. The lowest BCUT2D eigenvalue weighted by Gasteiger charge is -2.04. The van der Waals surface area contributed by atoms with E-state index < -0.39 is 0 Å². The maximum atomic E-state index is 6.28. The lowest BCUT2D eigenvalue weighted by molar-refractivity contribution is 1.02. The first kappa shape index (κ1) is 16.7. The molecule has 118 valence electrons. The highest BCUT2D eigenvalue weighted by Crippen LogP contribution is 2.32. The minimum atomic E-state index is 0.518. The minimum absolute atomic E-state index is 0.518. The van der Waals surface area contributed by atoms with Crippen molar-refractivity contribution in [3.05, 3.63) is 73.6 Å². The average Bonchev–Trinajstić information content (AvgIpc) is 2.84. The lowest BCUT2D eigenvalue weighted by Crippen LogP contribution is -1.93. The summed E-state index contributed by atoms with van der Waals surface area (Å²) in [5.41, 5.74) is 3.40. The standard InChI is InChI=1S/C17H12Cl4N2/c1-9-17(11-6-5-10(18)7-15(11)21)23-16(22-9)8-12-13(19)3-2-4-14(12)20/h2-7H,8H2,1H3,(H,22,23). The van der Waals surface area contributed by atoms with E-state index in [0.717, 1.165) is 28.3 Å². The number of aromatic amines is 1. The Morgan fingerprint density at radius 1 is 0.957 bits per heavy atom. The van der Waals surface area contributed by atoms with Gasteiger partial charge in [-0.15, -0.1) is 0 Å². The Morgan fingerprint density at radius 3 is 2.30 bits per heavy atom. The topological polar surface area (TPSA) is 28.7 Å². The minimum Gasteiger partial charge on any atom is -0.345 e. The highest BCUT2D eigenvalue weighted by molar-refractivity contribution is 6.36. The van der Waals surface area contributed by atoms with Gasteiger partial charge in [0.15, 0.2) is 0 Å². The van der Waals surface area contributed by atoms with Gasteiger partial charge in [-0.25, -0.2) is 4.98 Å². The molecule has 0 atom stereocenters. The highest BCUT2D eigenvalue weighted by Gasteiger charge is 2.14. The molecule has 0 spiro atoms. The second-order valence-corrected chi connectivity index (χ2v) is 6.82. The summed E-state index contributed by atoms with van der Waals surface area (Å²) < 4.78 is 0. The van der Waals surface area contributed by atoms with Gasteiger partial charge in [-0.05, 0) is 42.8 Å². The fraction of sp³-hybridized carbons (Fsp3) is 0.118. The van der Waals surface area contributed by atoms with Crippen LogP contribution >= 0.6 is 46.4 Å². The van der Waals surface area contributed by atoms with Gasteiger partial charge in [0.1, 0.15) is 5.82 Å². The molecule has 3 aromatic rings. The van der Waals surface area contributed by atoms with Gasteiger partial charge in [0.2, 0.25) is 0 Å². The van der Waals surface area contributed by atoms with Crippen molar-refractivity contribution in [3.8, 4) is 11.3 Å². The van der Waals surface area contributed by atoms with Crippen LogP contribution in [0.3, 0.4) is 0 Å². The van der Waals surface area contributed by atoms with Gasteiger partial charge < -0.3 is 4.98 Å². The van der Waals surface area contributed by atoms with Crippen LogP contribution in [0.15, 0.2) is 36.4 Å². The van der Waals surface area contributed by atoms with E-state index in [1.54, 1.807) is 12.1 Å². The molecule has 0 fully saturated rings. The molecular formula is C17H12Cl4N2. The predicted molar refractivity (Wildman–Crippen MR) is 98.0 cm³/mol. The molecule has 0 unspecified atom stereocenters. The lowest BCUT2D eigenvalue weighted by atomic mass is 10.1. The monoisotopic (exact) mass is 384 g/mol. The maximum Gasteiger partial charge on any atom is 0.111 e. The number of benzene rings is 2. The van der Waals surface area contributed by atoms with E-state index in [1.807, 2.05) is 31.2 Å². The van der Waals surface area contributed by atoms with Gasteiger partial charge in [-0.3, -0.25) is 0 Å². The second-order valence-electron chi connectivity index (χ2n) is 5.16. The summed E-state index contributed by atoms with van der Waals surface area (Å²) in [6.07, 6.45) is 0.518. The van der Waals surface area contributed by atoms with Crippen molar-refractivity contribution in [2.45, 2.75) is 13.3 Å². The Balaban J connectivity index is 1.98. The number of rotatable bonds is 3. The van der Waals surface area contributed by atoms with Crippen molar-refractivity contribution in [2.75, 3.05) is 0 Å². The molecule has 0 saturated carbocycles. The first-order chi connectivity index (χ1) is 11.0. The number of H-pyrrole nitrogens is 1. The maximum absolute atomic E-state index is 6.28. The Morgan fingerprint density at radius 2 is 1.65 bits per heavy atom. The summed E-state index contributed by atoms with van der Waals surface area (Å²) >= 11 is 24.7. The molecule has 1 heterocycles. The molecule has 0 bridgehead atoms. The second kappa shape index (κ2) is 6.74. The molecule has 6 heteroatoms. The third-order valence-electron chi connectivity index (χ3n) is 3.53. The highest BCUT2D eigenvalue weighted by atomic mass is 35.5. The molecule has 2 aromatic carbocycles. The summed E-state index contributed by atoms with van der Waals surface area (Å²) in [7, 11) is 0. The number of nitrogens with zero attached hydrogens (tertiary/aromatic N) is 1. The summed E-state index contributed by atoms with van der Waals surface area (Å²) in [5, 5.41) is 2.40. The van der Waals surface area contributed by atoms with Crippen molar-refractivity contribution >= 4 is 46.4 Å². The Hall–Kier alpha value is -1.19. The molecule has 0 aliphatic rings. The van der Waals surface area contributed by atoms with Crippen LogP contribution in [0.2, 0.25) is 20.1 Å². The van der Waals surface area contributed by atoms with Crippen molar-refractivity contribution in [2.24, 2.45) is 0 Å². The summed E-state index contributed by atoms with van der Waals surface area (Å²) in [5.74, 6) is 0.776. The quantitative estimate of drug-likeness (QED) is 0.541. The first-order valence-corrected chi connectivity index (χ1v) is 8.40. The Bertz CT molecular complexity index is 851. The van der Waals surface area contributed by atoms with Crippen molar-refractivity contribution in [3.63, 3.8) is 0 Å². The average molecular weight is 386 g/mol. The number of hydrogen-bond acceptors (Lipinski definition) is 1. The third-order valence-corrected chi connectivity index (χ3v) is 4.78. The van der Waals surface area contributed by atoms with Gasteiger partial charge in [0.05, 0.1) is 10.7 Å². The van der Waals surface area contributed by atoms with Crippen LogP contribution in [-0.2, 0) is 6.42 Å². The fourth-order valence-corrected chi connectivity index (χ4v) is 3.45. The van der Waals surface area contributed by atoms with Crippen molar-refractivity contribution in [1.82, 2.24) is 9.97 Å². The Labute approximate surface area is 154 Å². The molecule has 1 aromatic heterocycles. The van der Waals surface area contributed by atoms with Crippen molar-refractivity contribution in [1.29, 1.82) is 0 Å². The van der Waals surface area contributed by atoms with Crippen LogP contribution in [-0.4, -0.2) is 9.97 Å². The Kier molecular flexibility index (Phi) is 4.88. The molecule has 0 saturated heterocycles. The van der Waals surface area contributed by atoms with Gasteiger partial charge in [0, 0.05) is 32.7 Å². The van der Waals surface area contributed by atoms with Gasteiger partial charge >= 0.3 is 0 Å². The van der Waals surface area contributed by atoms with E-state index in [0.29, 0.717) is 26.5 Å². The van der Waals surface area contributed by atoms with E-state index in [4.69, 9.17) is 46.4 Å². The molecule has 23 heavy (non-hydrogen) atoms. The zero-order valence-electron chi connectivity index (χ0n) is 12.1. The van der Waals surface area contributed by atoms with Gasteiger partial charge in [0.25, 0.3) is 0 Å². The fourth-order valence-electron chi connectivity index (χ4n) is 2.42. The van der Waals surface area contributed by atoms with Crippen LogP contribution in [0.25, 0.3) is 11.3 Å². The van der Waals surface area contributed by atoms with E-state index in [-0.39, 0.29) is 0 Å². The summed E-state index contributed by atoms with van der Waals surface area (Å²) in [6.45, 7) is 1.95. The van der Waals surface area contributed by atoms with Gasteiger partial charge in [-0.1, -0.05) is 52.5 Å². The third kappa shape index (κ3) is 3.51. The van der Waals surface area contributed by atoms with Crippen molar-refractivity contribution < 1.29 is 0 Å². The predicted octanol–water partition coefficient (Wildman–Crippen LogP) is 6.59. The molecule has 2 nitrogen and oxygen atoms in total. The van der Waals surface area contributed by atoms with E-state index >= 15 is 0 Å². The van der Waals surface area contributed by atoms with Gasteiger partial charge in [-0.2, -0.15) is 0 Å². The molecular weight excluding hydrogens is 374 g/mol. The summed E-state index contributed by atoms with van der Waals surface area (Å²) in [4.78, 5) is 7.92. The smallest absolute Gasteiger partial charge is 0.111 e. The zero-order chi connectivity index (χ0) is 16.6. The number of nitrogens with one attached hydrogen (secondary N) is 1. The molecule has 0 aliphatic heterocycles. The number of hydrogen-bond donors (Lipinski definition) is 1. The molecule has 1 N–H and O–H groups in total. The van der Waals surface area contributed by atoms with Crippen LogP contribution < -0.4 is 0 Å². The van der Waals surface area contributed by atoms with Crippen LogP contribution in [0, 0.1) is 6.92 Å². The number of halogens is 4. The van der Waals surface area contributed by atoms with Crippen LogP contribution in [0.5, 0.6) is 0 Å². The number of aromatic nitrogens is 2. The SMILES string of the molecule is Cc1[nH]c(Cc2c(Cl)cccc2Cl)nc1-c1ccc(Cl)cc1Cl. The molecule has 0 radical (unpaired) electrons. The molecule has 3 rings (SSSR count). The largest absolute Gasteiger partial charge is 0.345 e. The number of aryl methyl sites for hydroxylation is 1. The van der Waals surface area contributed by atoms with E-state index in [1.165, 1.54) is 0 Å². The first-order valence-electron chi connectivity index (χ1n) is 6.89. The van der Waals surface area contributed by atoms with E-state index in [2.05, 4.69) is 9.97 Å². The van der Waals surface area contributed by atoms with E-state index in [9.17, 15) is 0 Å². The molecule has 0 amide bonds.